The van der Waals surface area contributed by atoms with Gasteiger partial charge in [-0.05, 0) is 44.0 Å². The molecule has 0 N–H and O–H groups in total. The first-order chi connectivity index (χ1) is 16.7. The Kier molecular flexibility index (Phi) is 6.69. The number of hydrogen-bond acceptors (Lipinski definition) is 6. The molecule has 0 saturated carbocycles. The van der Waals surface area contributed by atoms with Crippen molar-refractivity contribution in [2.45, 2.75) is 38.5 Å². The molecule has 7 heteroatoms. The Balaban J connectivity index is 1.86. The van der Waals surface area contributed by atoms with E-state index in [1.807, 2.05) is 74.2 Å². The highest BCUT2D eigenvalue weighted by Gasteiger charge is 2.43. The van der Waals surface area contributed by atoms with Crippen LogP contribution in [-0.4, -0.2) is 41.8 Å². The zero-order chi connectivity index (χ0) is 25.2. The van der Waals surface area contributed by atoms with Crippen molar-refractivity contribution in [3.8, 4) is 0 Å². The summed E-state index contributed by atoms with van der Waals surface area (Å²) in [4.78, 5) is 27.6. The summed E-state index contributed by atoms with van der Waals surface area (Å²) in [5.41, 5.74) is 2.80. The number of hydrogen-bond donors (Lipinski definition) is 0. The van der Waals surface area contributed by atoms with Gasteiger partial charge in [-0.3, -0.25) is 4.57 Å². The van der Waals surface area contributed by atoms with E-state index in [9.17, 15) is 9.59 Å². The average Bonchev–Trinajstić information content (AvgIpc) is 3.33. The van der Waals surface area contributed by atoms with E-state index in [0.29, 0.717) is 12.1 Å². The number of carbonyl (C=O) groups excluding carboxylic acids is 2. The summed E-state index contributed by atoms with van der Waals surface area (Å²) >= 11 is 0. The van der Waals surface area contributed by atoms with Crippen LogP contribution < -0.4 is 4.90 Å². The van der Waals surface area contributed by atoms with Crippen LogP contribution in [0.3, 0.4) is 0 Å². The number of aromatic nitrogens is 1. The zero-order valence-electron chi connectivity index (χ0n) is 20.3. The van der Waals surface area contributed by atoms with Crippen LogP contribution in [0.2, 0.25) is 0 Å². The van der Waals surface area contributed by atoms with E-state index in [1.54, 1.807) is 12.3 Å². The molecule has 0 saturated heterocycles. The quantitative estimate of drug-likeness (QED) is 0.312. The average molecular weight is 475 g/mol. The van der Waals surface area contributed by atoms with Crippen LogP contribution in [0.4, 0.5) is 15.3 Å². The van der Waals surface area contributed by atoms with Crippen molar-refractivity contribution in [2.24, 2.45) is 0 Å². The molecule has 0 amide bonds. The summed E-state index contributed by atoms with van der Waals surface area (Å²) in [5.74, 6) is -0.379. The van der Waals surface area contributed by atoms with Crippen LogP contribution in [0.25, 0.3) is 10.9 Å². The number of benzene rings is 2. The van der Waals surface area contributed by atoms with Gasteiger partial charge in [0.2, 0.25) is 0 Å². The molecule has 7 nitrogen and oxygen atoms in total. The summed E-state index contributed by atoms with van der Waals surface area (Å²) in [6, 6.07) is 15.5. The number of anilines is 1. The fourth-order valence-corrected chi connectivity index (χ4v) is 4.45. The molecule has 0 spiro atoms. The molecule has 0 radical (unpaired) electrons. The van der Waals surface area contributed by atoms with Crippen LogP contribution >= 0.6 is 0 Å². The summed E-state index contributed by atoms with van der Waals surface area (Å²) in [6.45, 7) is 13.4. The lowest BCUT2D eigenvalue weighted by Gasteiger charge is -2.28. The lowest BCUT2D eigenvalue weighted by atomic mass is 9.91. The van der Waals surface area contributed by atoms with E-state index in [0.717, 1.165) is 22.2 Å². The van der Waals surface area contributed by atoms with Gasteiger partial charge in [0.1, 0.15) is 12.2 Å². The maximum Gasteiger partial charge on any atom is 0.510 e. The minimum Gasteiger partial charge on any atom is -0.443 e. The van der Waals surface area contributed by atoms with Crippen LogP contribution in [0.5, 0.6) is 0 Å². The number of ether oxygens (including phenoxy) is 3. The van der Waals surface area contributed by atoms with Crippen molar-refractivity contribution in [3.05, 3.63) is 91.2 Å². The summed E-state index contributed by atoms with van der Waals surface area (Å²) in [7, 11) is 0. The molecule has 4 rings (SSSR count). The predicted molar refractivity (Wildman–Crippen MR) is 136 cm³/mol. The topological polar surface area (TPSA) is 70.0 Å². The first-order valence-electron chi connectivity index (χ1n) is 11.5. The Morgan fingerprint density at radius 3 is 2.43 bits per heavy atom. The van der Waals surface area contributed by atoms with Gasteiger partial charge >= 0.3 is 12.2 Å². The van der Waals surface area contributed by atoms with E-state index in [2.05, 4.69) is 13.2 Å². The third-order valence-electron chi connectivity index (χ3n) is 5.70. The Hall–Kier alpha value is -4.00. The SMILES string of the molecule is C=CCOC(=O)OC1C(c2cn(C(=O)OC(C)(C)C)c3ccccc23)c2ccccc2N1CC=C. The number of nitrogens with zero attached hydrogens (tertiary/aromatic N) is 2. The van der Waals surface area contributed by atoms with Gasteiger partial charge in [-0.15, -0.1) is 6.58 Å². The standard InChI is InChI=1S/C28H30N2O5/c1-6-16-29-23-15-11-9-13-20(23)24(25(29)34-27(32)33-17-7-2)21-18-30(26(31)35-28(3,4)5)22-14-10-8-12-19(21)22/h6-15,18,24-25H,1-2,16-17H2,3-5H3. The molecule has 2 heterocycles. The predicted octanol–water partition coefficient (Wildman–Crippen LogP) is 6.23. The van der Waals surface area contributed by atoms with Crippen molar-refractivity contribution in [1.29, 1.82) is 0 Å². The number of rotatable bonds is 6. The molecular weight excluding hydrogens is 444 g/mol. The van der Waals surface area contributed by atoms with Crippen LogP contribution in [0.15, 0.2) is 80.0 Å². The van der Waals surface area contributed by atoms with Crippen molar-refractivity contribution < 1.29 is 23.8 Å². The second-order valence-electron chi connectivity index (χ2n) is 9.29. The molecule has 3 aromatic rings. The molecule has 1 aliphatic rings. The molecule has 0 aliphatic carbocycles. The third-order valence-corrected chi connectivity index (χ3v) is 5.70. The van der Waals surface area contributed by atoms with Crippen molar-refractivity contribution in [3.63, 3.8) is 0 Å². The number of fused-ring (bicyclic) bond motifs is 2. The minimum atomic E-state index is -0.794. The fourth-order valence-electron chi connectivity index (χ4n) is 4.45. The first-order valence-corrected chi connectivity index (χ1v) is 11.5. The highest BCUT2D eigenvalue weighted by Crippen LogP contribution is 2.47. The molecule has 2 aromatic carbocycles. The molecule has 182 valence electrons. The van der Waals surface area contributed by atoms with Gasteiger partial charge in [-0.25, -0.2) is 9.59 Å². The number of para-hydroxylation sites is 2. The van der Waals surface area contributed by atoms with E-state index in [4.69, 9.17) is 14.2 Å². The Labute approximate surface area is 205 Å². The molecule has 1 aromatic heterocycles. The van der Waals surface area contributed by atoms with Gasteiger partial charge in [0.15, 0.2) is 6.23 Å². The van der Waals surface area contributed by atoms with Gasteiger partial charge in [0, 0.05) is 23.8 Å². The first kappa shape index (κ1) is 24.1. The Morgan fingerprint density at radius 1 is 1.00 bits per heavy atom. The van der Waals surface area contributed by atoms with Crippen molar-refractivity contribution >= 4 is 28.8 Å². The van der Waals surface area contributed by atoms with Gasteiger partial charge in [0.05, 0.1) is 11.4 Å². The highest BCUT2D eigenvalue weighted by atomic mass is 16.7. The van der Waals surface area contributed by atoms with E-state index >= 15 is 0 Å². The molecule has 2 atom stereocenters. The normalized spacial score (nSPS) is 17.1. The molecular formula is C28H30N2O5. The molecule has 0 bridgehead atoms. The van der Waals surface area contributed by atoms with Crippen molar-refractivity contribution in [2.75, 3.05) is 18.1 Å². The largest absolute Gasteiger partial charge is 0.510 e. The summed E-state index contributed by atoms with van der Waals surface area (Å²) in [6.07, 6.45) is 3.05. The van der Waals surface area contributed by atoms with Gasteiger partial charge in [0.25, 0.3) is 0 Å². The maximum absolute atomic E-state index is 13.1. The van der Waals surface area contributed by atoms with E-state index < -0.39 is 24.1 Å². The second-order valence-corrected chi connectivity index (χ2v) is 9.29. The number of carbonyl (C=O) groups is 2. The highest BCUT2D eigenvalue weighted by molar-refractivity contribution is 5.93. The van der Waals surface area contributed by atoms with Gasteiger partial charge in [-0.2, -0.15) is 0 Å². The lowest BCUT2D eigenvalue weighted by molar-refractivity contribution is 0.0268. The summed E-state index contributed by atoms with van der Waals surface area (Å²) < 4.78 is 18.2. The van der Waals surface area contributed by atoms with Gasteiger partial charge < -0.3 is 19.1 Å². The maximum atomic E-state index is 13.1. The summed E-state index contributed by atoms with van der Waals surface area (Å²) in [5, 5.41) is 0.867. The zero-order valence-corrected chi connectivity index (χ0v) is 20.3. The Bertz CT molecular complexity index is 1270. The van der Waals surface area contributed by atoms with E-state index in [-0.39, 0.29) is 12.5 Å². The molecule has 35 heavy (non-hydrogen) atoms. The lowest BCUT2D eigenvalue weighted by Crippen LogP contribution is -2.38. The molecule has 0 fully saturated rings. The van der Waals surface area contributed by atoms with Crippen molar-refractivity contribution in [1.82, 2.24) is 4.57 Å². The molecule has 1 aliphatic heterocycles. The Morgan fingerprint density at radius 2 is 1.71 bits per heavy atom. The third kappa shape index (κ3) is 4.80. The monoisotopic (exact) mass is 474 g/mol. The van der Waals surface area contributed by atoms with Crippen LogP contribution in [0, 0.1) is 0 Å². The fraction of sp³-hybridized carbons (Fsp3) is 0.286. The van der Waals surface area contributed by atoms with E-state index in [1.165, 1.54) is 10.6 Å². The minimum absolute atomic E-state index is 0.0442. The second kappa shape index (κ2) is 9.70. The smallest absolute Gasteiger partial charge is 0.443 e. The van der Waals surface area contributed by atoms with Crippen LogP contribution in [0.1, 0.15) is 37.8 Å². The van der Waals surface area contributed by atoms with Gasteiger partial charge in [-0.1, -0.05) is 55.1 Å². The van der Waals surface area contributed by atoms with Crippen LogP contribution in [-0.2, 0) is 14.2 Å². The molecule has 2 unspecified atom stereocenters.